The minimum atomic E-state index is -0.388. The van der Waals surface area contributed by atoms with Crippen LogP contribution in [0.1, 0.15) is 24.2 Å². The Bertz CT molecular complexity index is 342. The molecule has 0 bridgehead atoms. The van der Waals surface area contributed by atoms with Crippen molar-refractivity contribution in [1.82, 2.24) is 0 Å². The molecule has 0 unspecified atom stereocenters. The molecule has 0 aliphatic rings. The number of esters is 1. The molecule has 0 aromatic heterocycles. The molecule has 0 heterocycles. The molecule has 3 nitrogen and oxygen atoms in total. The van der Waals surface area contributed by atoms with Gasteiger partial charge in [0.05, 0.1) is 0 Å². The highest BCUT2D eigenvalue weighted by Crippen LogP contribution is 2.13. The summed E-state index contributed by atoms with van der Waals surface area (Å²) in [5.74, 6) is -0.0325. The zero-order chi connectivity index (χ0) is 9.84. The number of ketones is 1. The number of carbonyl (C=O) groups is 2. The van der Waals surface area contributed by atoms with Gasteiger partial charge in [-0.3, -0.25) is 9.59 Å². The van der Waals surface area contributed by atoms with Gasteiger partial charge in [-0.2, -0.15) is 0 Å². The van der Waals surface area contributed by atoms with Gasteiger partial charge in [-0.1, -0.05) is 12.1 Å². The first-order chi connectivity index (χ1) is 6.09. The zero-order valence-corrected chi connectivity index (χ0v) is 7.53. The van der Waals surface area contributed by atoms with Gasteiger partial charge in [0.25, 0.3) is 0 Å². The fraction of sp³-hybridized carbons (Fsp3) is 0.200. The van der Waals surface area contributed by atoms with Crippen molar-refractivity contribution in [3.8, 4) is 5.75 Å². The Morgan fingerprint density at radius 1 is 1.23 bits per heavy atom. The van der Waals surface area contributed by atoms with Gasteiger partial charge in [0.2, 0.25) is 0 Å². The van der Waals surface area contributed by atoms with E-state index in [9.17, 15) is 9.59 Å². The molecule has 68 valence electrons. The Morgan fingerprint density at radius 2 is 1.92 bits per heavy atom. The summed E-state index contributed by atoms with van der Waals surface area (Å²) in [6.07, 6.45) is 0. The second-order valence-electron chi connectivity index (χ2n) is 2.68. The van der Waals surface area contributed by atoms with Crippen molar-refractivity contribution in [1.29, 1.82) is 0 Å². The van der Waals surface area contributed by atoms with Crippen molar-refractivity contribution in [3.05, 3.63) is 29.8 Å². The van der Waals surface area contributed by atoms with Gasteiger partial charge in [0.15, 0.2) is 5.78 Å². The van der Waals surface area contributed by atoms with E-state index in [0.29, 0.717) is 11.3 Å². The maximum Gasteiger partial charge on any atom is 0.308 e. The lowest BCUT2D eigenvalue weighted by Gasteiger charge is -2.01. The lowest BCUT2D eigenvalue weighted by Crippen LogP contribution is -2.02. The Labute approximate surface area is 76.3 Å². The highest BCUT2D eigenvalue weighted by Gasteiger charge is 2.02. The zero-order valence-electron chi connectivity index (χ0n) is 7.53. The minimum Gasteiger partial charge on any atom is -0.427 e. The third-order valence-electron chi connectivity index (χ3n) is 1.50. The van der Waals surface area contributed by atoms with Crippen LogP contribution in [0.3, 0.4) is 0 Å². The van der Waals surface area contributed by atoms with Gasteiger partial charge in [-0.25, -0.2) is 0 Å². The highest BCUT2D eigenvalue weighted by molar-refractivity contribution is 5.94. The number of rotatable bonds is 2. The second kappa shape index (κ2) is 3.85. The first-order valence-corrected chi connectivity index (χ1v) is 3.89. The van der Waals surface area contributed by atoms with Gasteiger partial charge in [0, 0.05) is 12.5 Å². The van der Waals surface area contributed by atoms with Gasteiger partial charge in [-0.05, 0) is 19.1 Å². The highest BCUT2D eigenvalue weighted by atomic mass is 16.5. The van der Waals surface area contributed by atoms with E-state index in [4.69, 9.17) is 4.74 Å². The molecule has 0 spiro atoms. The van der Waals surface area contributed by atoms with Crippen molar-refractivity contribution in [2.24, 2.45) is 0 Å². The van der Waals surface area contributed by atoms with E-state index in [1.807, 2.05) is 0 Å². The Kier molecular flexibility index (Phi) is 2.80. The number of hydrogen-bond donors (Lipinski definition) is 0. The summed E-state index contributed by atoms with van der Waals surface area (Å²) in [7, 11) is 0. The Morgan fingerprint density at radius 3 is 2.46 bits per heavy atom. The van der Waals surface area contributed by atoms with E-state index < -0.39 is 0 Å². The van der Waals surface area contributed by atoms with Crippen molar-refractivity contribution < 1.29 is 14.3 Å². The van der Waals surface area contributed by atoms with E-state index in [2.05, 4.69) is 0 Å². The summed E-state index contributed by atoms with van der Waals surface area (Å²) in [5.41, 5.74) is 0.541. The van der Waals surface area contributed by atoms with Gasteiger partial charge >= 0.3 is 5.97 Å². The number of hydrogen-bond acceptors (Lipinski definition) is 3. The number of ether oxygens (including phenoxy) is 1. The predicted octanol–water partition coefficient (Wildman–Crippen LogP) is 1.81. The molecule has 0 aliphatic heterocycles. The van der Waals surface area contributed by atoms with E-state index in [1.165, 1.54) is 13.8 Å². The molecule has 0 aliphatic carbocycles. The summed E-state index contributed by atoms with van der Waals surface area (Å²) in [4.78, 5) is 21.5. The molecule has 0 fully saturated rings. The van der Waals surface area contributed by atoms with Crippen LogP contribution in [0, 0.1) is 0 Å². The molecule has 1 aromatic rings. The van der Waals surface area contributed by atoms with Crippen LogP contribution in [0.4, 0.5) is 0 Å². The first kappa shape index (κ1) is 9.45. The molecule has 0 saturated carbocycles. The molecule has 0 radical (unpaired) electrons. The van der Waals surface area contributed by atoms with Crippen LogP contribution in [-0.2, 0) is 4.79 Å². The third-order valence-corrected chi connectivity index (χ3v) is 1.50. The van der Waals surface area contributed by atoms with Crippen LogP contribution < -0.4 is 4.74 Å². The standard InChI is InChI=1S/C10H10O3/c1-7(11)9-4-3-5-10(6-9)13-8(2)12/h3-6H,1-2H3. The average molecular weight is 178 g/mol. The molecule has 0 saturated heterocycles. The molecule has 0 amide bonds. The molecule has 3 heteroatoms. The van der Waals surface area contributed by atoms with Crippen molar-refractivity contribution in [3.63, 3.8) is 0 Å². The summed E-state index contributed by atoms with van der Waals surface area (Å²) < 4.78 is 4.81. The first-order valence-electron chi connectivity index (χ1n) is 3.89. The monoisotopic (exact) mass is 178 g/mol. The molecular formula is C10H10O3. The third kappa shape index (κ3) is 2.71. The molecule has 0 atom stereocenters. The topological polar surface area (TPSA) is 43.4 Å². The van der Waals surface area contributed by atoms with Gasteiger partial charge < -0.3 is 4.74 Å². The quantitative estimate of drug-likeness (QED) is 0.394. The largest absolute Gasteiger partial charge is 0.427 e. The summed E-state index contributed by atoms with van der Waals surface area (Å²) in [6.45, 7) is 2.79. The van der Waals surface area contributed by atoms with Crippen LogP contribution in [0.2, 0.25) is 0 Å². The second-order valence-corrected chi connectivity index (χ2v) is 2.68. The normalized spacial score (nSPS) is 9.38. The van der Waals surface area contributed by atoms with Crippen LogP contribution >= 0.6 is 0 Å². The van der Waals surface area contributed by atoms with Crippen molar-refractivity contribution in [2.45, 2.75) is 13.8 Å². The summed E-state index contributed by atoms with van der Waals surface area (Å²) in [6, 6.07) is 6.53. The Balaban J connectivity index is 2.91. The maximum atomic E-state index is 10.9. The van der Waals surface area contributed by atoms with Crippen LogP contribution in [-0.4, -0.2) is 11.8 Å². The molecule has 0 N–H and O–H groups in total. The smallest absolute Gasteiger partial charge is 0.308 e. The van der Waals surface area contributed by atoms with Crippen molar-refractivity contribution >= 4 is 11.8 Å². The Hall–Kier alpha value is -1.64. The number of benzene rings is 1. The van der Waals surface area contributed by atoms with Crippen LogP contribution in [0.5, 0.6) is 5.75 Å². The summed E-state index contributed by atoms with van der Waals surface area (Å²) in [5, 5.41) is 0. The van der Waals surface area contributed by atoms with Crippen LogP contribution in [0.15, 0.2) is 24.3 Å². The van der Waals surface area contributed by atoms with Crippen molar-refractivity contribution in [2.75, 3.05) is 0 Å². The molecular weight excluding hydrogens is 168 g/mol. The predicted molar refractivity (Wildman–Crippen MR) is 47.8 cm³/mol. The molecule has 1 aromatic carbocycles. The van der Waals surface area contributed by atoms with Crippen LogP contribution in [0.25, 0.3) is 0 Å². The average Bonchev–Trinajstić information content (AvgIpc) is 2.03. The lowest BCUT2D eigenvalue weighted by atomic mass is 10.1. The fourth-order valence-corrected chi connectivity index (χ4v) is 0.945. The number of Topliss-reactive ketones (excluding diaryl/α,β-unsaturated/α-hetero) is 1. The molecule has 13 heavy (non-hydrogen) atoms. The van der Waals surface area contributed by atoms with E-state index in [1.54, 1.807) is 24.3 Å². The number of carbonyl (C=O) groups excluding carboxylic acids is 2. The SMILES string of the molecule is CC(=O)Oc1cccc(C(C)=O)c1. The fourth-order valence-electron chi connectivity index (χ4n) is 0.945. The minimum absolute atomic E-state index is 0.0472. The summed E-state index contributed by atoms with van der Waals surface area (Å²) >= 11 is 0. The van der Waals surface area contributed by atoms with Gasteiger partial charge in [0.1, 0.15) is 5.75 Å². The van der Waals surface area contributed by atoms with Gasteiger partial charge in [-0.15, -0.1) is 0 Å². The lowest BCUT2D eigenvalue weighted by molar-refractivity contribution is -0.131. The molecule has 1 rings (SSSR count). The maximum absolute atomic E-state index is 10.9. The van der Waals surface area contributed by atoms with E-state index >= 15 is 0 Å². The van der Waals surface area contributed by atoms with E-state index in [-0.39, 0.29) is 11.8 Å². The van der Waals surface area contributed by atoms with E-state index in [0.717, 1.165) is 0 Å².